The summed E-state index contributed by atoms with van der Waals surface area (Å²) < 4.78 is 23.0. The van der Waals surface area contributed by atoms with Crippen molar-refractivity contribution in [3.8, 4) is 0 Å². The molecule has 7 heteroatoms. The Morgan fingerprint density at radius 1 is 1.19 bits per heavy atom. The van der Waals surface area contributed by atoms with Crippen LogP contribution in [0.2, 0.25) is 0 Å². The van der Waals surface area contributed by atoms with Gasteiger partial charge in [0.1, 0.15) is 0 Å². The number of rotatable bonds is 11. The summed E-state index contributed by atoms with van der Waals surface area (Å²) in [4.78, 5) is 7.08. The average molecular weight is 397 g/mol. The zero-order chi connectivity index (χ0) is 20.3. The summed E-state index contributed by atoms with van der Waals surface area (Å²) in [6.07, 6.45) is 4.30. The maximum Gasteiger partial charge on any atom is 0.191 e. The topological polar surface area (TPSA) is 73.8 Å². The van der Waals surface area contributed by atoms with Crippen molar-refractivity contribution in [1.82, 2.24) is 15.5 Å². The summed E-state index contributed by atoms with van der Waals surface area (Å²) in [6, 6.07) is 7.42. The zero-order valence-corrected chi connectivity index (χ0v) is 18.3. The van der Waals surface area contributed by atoms with Crippen LogP contribution in [0.4, 0.5) is 0 Å². The minimum absolute atomic E-state index is 0.357. The number of aliphatic imine (C=N–C) groups is 1. The van der Waals surface area contributed by atoms with Crippen LogP contribution >= 0.6 is 0 Å². The lowest BCUT2D eigenvalue weighted by molar-refractivity contribution is 0.292. The second-order valence-corrected chi connectivity index (χ2v) is 8.90. The van der Waals surface area contributed by atoms with Gasteiger partial charge in [-0.1, -0.05) is 26.0 Å². The van der Waals surface area contributed by atoms with Gasteiger partial charge in [-0.25, -0.2) is 8.42 Å². The predicted molar refractivity (Wildman–Crippen MR) is 114 cm³/mol. The molecule has 154 valence electrons. The van der Waals surface area contributed by atoms with Crippen LogP contribution < -0.4 is 10.6 Å². The summed E-state index contributed by atoms with van der Waals surface area (Å²) >= 11 is 0. The van der Waals surface area contributed by atoms with Gasteiger partial charge in [-0.3, -0.25) is 4.99 Å². The third-order valence-corrected chi connectivity index (χ3v) is 5.80. The van der Waals surface area contributed by atoms with E-state index in [2.05, 4.69) is 41.3 Å². The number of sulfone groups is 1. The van der Waals surface area contributed by atoms with Crippen molar-refractivity contribution < 1.29 is 8.42 Å². The van der Waals surface area contributed by atoms with Gasteiger partial charge in [-0.05, 0) is 63.5 Å². The number of benzene rings is 1. The first-order chi connectivity index (χ1) is 12.8. The SMILES string of the molecule is CCN(CC)CCCC(C)NC(=NC)NCCc1ccc(S(C)(=O)=O)cc1. The summed E-state index contributed by atoms with van der Waals surface area (Å²) in [6.45, 7) is 10.7. The van der Waals surface area contributed by atoms with E-state index in [0.717, 1.165) is 50.5 Å². The predicted octanol–water partition coefficient (Wildman–Crippen LogP) is 2.31. The molecular formula is C20H36N4O2S. The first-order valence-corrected chi connectivity index (χ1v) is 11.7. The van der Waals surface area contributed by atoms with Gasteiger partial charge >= 0.3 is 0 Å². The van der Waals surface area contributed by atoms with Crippen molar-refractivity contribution in [3.63, 3.8) is 0 Å². The average Bonchev–Trinajstić information content (AvgIpc) is 2.64. The number of hydrogen-bond acceptors (Lipinski definition) is 4. The molecule has 0 amide bonds. The molecule has 0 heterocycles. The molecule has 27 heavy (non-hydrogen) atoms. The lowest BCUT2D eigenvalue weighted by Crippen LogP contribution is -2.43. The molecule has 0 aliphatic carbocycles. The molecule has 1 rings (SSSR count). The van der Waals surface area contributed by atoms with Gasteiger partial charge in [0.2, 0.25) is 0 Å². The number of nitrogens with zero attached hydrogens (tertiary/aromatic N) is 2. The molecule has 1 atom stereocenters. The molecule has 0 saturated carbocycles. The van der Waals surface area contributed by atoms with Crippen LogP contribution in [0.3, 0.4) is 0 Å². The highest BCUT2D eigenvalue weighted by molar-refractivity contribution is 7.90. The van der Waals surface area contributed by atoms with E-state index in [9.17, 15) is 8.42 Å². The van der Waals surface area contributed by atoms with Crippen molar-refractivity contribution in [2.45, 2.75) is 51.0 Å². The van der Waals surface area contributed by atoms with E-state index < -0.39 is 9.84 Å². The number of guanidine groups is 1. The molecule has 0 spiro atoms. The van der Waals surface area contributed by atoms with Crippen molar-refractivity contribution in [3.05, 3.63) is 29.8 Å². The second-order valence-electron chi connectivity index (χ2n) is 6.88. The van der Waals surface area contributed by atoms with Gasteiger partial charge in [0.15, 0.2) is 15.8 Å². The maximum atomic E-state index is 11.5. The van der Waals surface area contributed by atoms with Gasteiger partial charge in [0.25, 0.3) is 0 Å². The molecule has 2 N–H and O–H groups in total. The van der Waals surface area contributed by atoms with E-state index in [1.807, 2.05) is 12.1 Å². The van der Waals surface area contributed by atoms with E-state index in [1.165, 1.54) is 12.7 Å². The van der Waals surface area contributed by atoms with Crippen molar-refractivity contribution in [2.24, 2.45) is 4.99 Å². The minimum Gasteiger partial charge on any atom is -0.356 e. The highest BCUT2D eigenvalue weighted by Gasteiger charge is 2.08. The molecule has 0 fully saturated rings. The van der Waals surface area contributed by atoms with E-state index in [4.69, 9.17) is 0 Å². The van der Waals surface area contributed by atoms with Crippen LogP contribution in [0.5, 0.6) is 0 Å². The molecule has 0 saturated heterocycles. The highest BCUT2D eigenvalue weighted by atomic mass is 32.2. The fourth-order valence-corrected chi connectivity index (χ4v) is 3.52. The van der Waals surface area contributed by atoms with E-state index >= 15 is 0 Å². The minimum atomic E-state index is -3.14. The summed E-state index contributed by atoms with van der Waals surface area (Å²) in [5.41, 5.74) is 1.10. The third-order valence-electron chi connectivity index (χ3n) is 4.67. The van der Waals surface area contributed by atoms with Crippen LogP contribution in [0, 0.1) is 0 Å². The Bertz CT molecular complexity index is 668. The molecule has 0 aliphatic heterocycles. The first kappa shape index (κ1) is 23.4. The number of hydrogen-bond donors (Lipinski definition) is 2. The second kappa shape index (κ2) is 12.0. The van der Waals surface area contributed by atoms with Crippen LogP contribution in [-0.4, -0.2) is 64.8 Å². The summed E-state index contributed by atoms with van der Waals surface area (Å²) in [5, 5.41) is 6.76. The molecule has 0 aliphatic rings. The molecule has 0 bridgehead atoms. The van der Waals surface area contributed by atoms with Crippen LogP contribution in [-0.2, 0) is 16.3 Å². The Balaban J connectivity index is 2.35. The third kappa shape index (κ3) is 9.24. The van der Waals surface area contributed by atoms with Gasteiger partial charge in [-0.2, -0.15) is 0 Å². The molecule has 1 aromatic rings. The van der Waals surface area contributed by atoms with E-state index in [0.29, 0.717) is 10.9 Å². The number of nitrogens with one attached hydrogen (secondary N) is 2. The molecule has 0 aromatic heterocycles. The first-order valence-electron chi connectivity index (χ1n) is 9.78. The van der Waals surface area contributed by atoms with Crippen LogP contribution in [0.15, 0.2) is 34.2 Å². The molecular weight excluding hydrogens is 360 g/mol. The van der Waals surface area contributed by atoms with Crippen LogP contribution in [0.25, 0.3) is 0 Å². The Hall–Kier alpha value is -1.60. The summed E-state index contributed by atoms with van der Waals surface area (Å²) in [7, 11) is -1.36. The van der Waals surface area contributed by atoms with Gasteiger partial charge in [0, 0.05) is 25.9 Å². The van der Waals surface area contributed by atoms with Gasteiger partial charge in [0.05, 0.1) is 4.90 Å². The molecule has 1 aromatic carbocycles. The van der Waals surface area contributed by atoms with E-state index in [-0.39, 0.29) is 0 Å². The molecule has 1 unspecified atom stereocenters. The Morgan fingerprint density at radius 3 is 2.33 bits per heavy atom. The monoisotopic (exact) mass is 396 g/mol. The van der Waals surface area contributed by atoms with Gasteiger partial charge < -0.3 is 15.5 Å². The van der Waals surface area contributed by atoms with Crippen molar-refractivity contribution >= 4 is 15.8 Å². The van der Waals surface area contributed by atoms with Crippen molar-refractivity contribution in [2.75, 3.05) is 39.5 Å². The quantitative estimate of drug-likeness (QED) is 0.443. The Labute approximate surface area is 165 Å². The standard InChI is InChI=1S/C20H36N4O2S/c1-6-24(7-2)16-8-9-17(3)23-20(21-4)22-15-14-18-10-12-19(13-11-18)27(5,25)26/h10-13,17H,6-9,14-16H2,1-5H3,(H2,21,22,23). The molecule has 6 nitrogen and oxygen atoms in total. The fraction of sp³-hybridized carbons (Fsp3) is 0.650. The molecule has 0 radical (unpaired) electrons. The lowest BCUT2D eigenvalue weighted by Gasteiger charge is -2.21. The van der Waals surface area contributed by atoms with Crippen molar-refractivity contribution in [1.29, 1.82) is 0 Å². The Morgan fingerprint density at radius 2 is 1.81 bits per heavy atom. The smallest absolute Gasteiger partial charge is 0.191 e. The summed E-state index contributed by atoms with van der Waals surface area (Å²) in [5.74, 6) is 0.804. The zero-order valence-electron chi connectivity index (χ0n) is 17.5. The van der Waals surface area contributed by atoms with E-state index in [1.54, 1.807) is 19.2 Å². The fourth-order valence-electron chi connectivity index (χ4n) is 2.89. The largest absolute Gasteiger partial charge is 0.356 e. The van der Waals surface area contributed by atoms with Gasteiger partial charge in [-0.15, -0.1) is 0 Å². The Kier molecular flexibility index (Phi) is 10.4. The normalized spacial score (nSPS) is 13.6. The maximum absolute atomic E-state index is 11.5. The van der Waals surface area contributed by atoms with Crippen LogP contribution in [0.1, 0.15) is 39.2 Å². The highest BCUT2D eigenvalue weighted by Crippen LogP contribution is 2.10. The lowest BCUT2D eigenvalue weighted by atomic mass is 10.1.